The van der Waals surface area contributed by atoms with Gasteiger partial charge in [0.2, 0.25) is 0 Å². The van der Waals surface area contributed by atoms with Crippen LogP contribution < -0.4 is 9.47 Å². The molecule has 0 unspecified atom stereocenters. The minimum atomic E-state index is -1.12. The molecule has 0 saturated heterocycles. The lowest BCUT2D eigenvalue weighted by atomic mass is 10.1. The molecule has 0 saturated carbocycles. The maximum absolute atomic E-state index is 13.8. The number of halogens is 1. The Labute approximate surface area is 165 Å². The topological polar surface area (TPSA) is 86.0 Å². The zero-order chi connectivity index (χ0) is 20.8. The number of rotatable bonds is 8. The highest BCUT2D eigenvalue weighted by Crippen LogP contribution is 2.29. The molecular formula is C22H17FO6. The lowest BCUT2D eigenvalue weighted by Crippen LogP contribution is -2.10. The van der Waals surface area contributed by atoms with E-state index >= 15 is 0 Å². The fourth-order valence-electron chi connectivity index (χ4n) is 2.58. The van der Waals surface area contributed by atoms with E-state index in [-0.39, 0.29) is 17.3 Å². The van der Waals surface area contributed by atoms with Crippen LogP contribution in [0.5, 0.6) is 11.5 Å². The van der Waals surface area contributed by atoms with Crippen LogP contribution in [-0.2, 0) is 4.79 Å². The molecule has 0 radical (unpaired) electrons. The Morgan fingerprint density at radius 1 is 1.10 bits per heavy atom. The van der Waals surface area contributed by atoms with Crippen molar-refractivity contribution in [2.75, 3.05) is 13.7 Å². The summed E-state index contributed by atoms with van der Waals surface area (Å²) in [6.45, 7) is -0.521. The number of allylic oxidation sites excluding steroid dienone is 1. The van der Waals surface area contributed by atoms with Crippen molar-refractivity contribution in [2.24, 2.45) is 0 Å². The highest BCUT2D eigenvalue weighted by Gasteiger charge is 2.12. The van der Waals surface area contributed by atoms with Gasteiger partial charge in [-0.1, -0.05) is 12.1 Å². The predicted octanol–water partition coefficient (Wildman–Crippen LogP) is 4.45. The number of hydrogen-bond acceptors (Lipinski definition) is 5. The van der Waals surface area contributed by atoms with Gasteiger partial charge in [0.15, 0.2) is 23.9 Å². The molecule has 7 heteroatoms. The molecule has 0 aliphatic rings. The highest BCUT2D eigenvalue weighted by atomic mass is 19.1. The van der Waals surface area contributed by atoms with Gasteiger partial charge in [0, 0.05) is 5.56 Å². The largest absolute Gasteiger partial charge is 0.493 e. The van der Waals surface area contributed by atoms with E-state index in [0.717, 1.165) is 0 Å². The first-order valence-electron chi connectivity index (χ1n) is 8.57. The van der Waals surface area contributed by atoms with Gasteiger partial charge in [0.05, 0.1) is 12.7 Å². The Hall–Kier alpha value is -3.87. The standard InChI is InChI=1S/C22H17FO6/c1-27-21-12-14(6-10-20(21)28-13-22(25)26)18(24)9-7-15-8-11-19(29-15)16-4-2-3-5-17(16)23/h2-12H,13H2,1H3,(H,25,26)/b9-7+. The summed E-state index contributed by atoms with van der Waals surface area (Å²) in [5.74, 6) is -0.630. The summed E-state index contributed by atoms with van der Waals surface area (Å²) in [7, 11) is 1.39. The second kappa shape index (κ2) is 8.88. The first-order chi connectivity index (χ1) is 14.0. The molecule has 0 spiro atoms. The highest BCUT2D eigenvalue weighted by molar-refractivity contribution is 6.07. The number of ketones is 1. The number of methoxy groups -OCH3 is 1. The summed E-state index contributed by atoms with van der Waals surface area (Å²) in [4.78, 5) is 23.0. The summed E-state index contributed by atoms with van der Waals surface area (Å²) >= 11 is 0. The van der Waals surface area contributed by atoms with Crippen molar-refractivity contribution < 1.29 is 33.0 Å². The van der Waals surface area contributed by atoms with Crippen molar-refractivity contribution in [3.05, 3.63) is 77.8 Å². The van der Waals surface area contributed by atoms with E-state index in [4.69, 9.17) is 19.0 Å². The van der Waals surface area contributed by atoms with E-state index in [2.05, 4.69) is 0 Å². The number of ether oxygens (including phenoxy) is 2. The number of carboxylic acid groups (broad SMARTS) is 1. The molecular weight excluding hydrogens is 379 g/mol. The Morgan fingerprint density at radius 2 is 1.90 bits per heavy atom. The molecule has 1 N–H and O–H groups in total. The number of carbonyl (C=O) groups is 2. The maximum Gasteiger partial charge on any atom is 0.341 e. The predicted molar refractivity (Wildman–Crippen MR) is 104 cm³/mol. The second-order valence-corrected chi connectivity index (χ2v) is 5.93. The van der Waals surface area contributed by atoms with Gasteiger partial charge in [0.1, 0.15) is 17.3 Å². The second-order valence-electron chi connectivity index (χ2n) is 5.93. The molecule has 0 aliphatic heterocycles. The quantitative estimate of drug-likeness (QED) is 0.447. The number of benzene rings is 2. The molecule has 3 rings (SSSR count). The van der Waals surface area contributed by atoms with Crippen molar-refractivity contribution in [2.45, 2.75) is 0 Å². The third-order valence-electron chi connectivity index (χ3n) is 3.96. The zero-order valence-corrected chi connectivity index (χ0v) is 15.4. The molecule has 148 valence electrons. The van der Waals surface area contributed by atoms with Crippen molar-refractivity contribution in [1.29, 1.82) is 0 Å². The van der Waals surface area contributed by atoms with Crippen LogP contribution in [-0.4, -0.2) is 30.6 Å². The number of carboxylic acids is 1. The van der Waals surface area contributed by atoms with Gasteiger partial charge in [-0.15, -0.1) is 0 Å². The maximum atomic E-state index is 13.8. The molecule has 0 fully saturated rings. The van der Waals surface area contributed by atoms with Crippen LogP contribution in [0.1, 0.15) is 16.1 Å². The summed E-state index contributed by atoms with van der Waals surface area (Å²) in [6.07, 6.45) is 2.80. The molecule has 3 aromatic rings. The lowest BCUT2D eigenvalue weighted by molar-refractivity contribution is -0.139. The van der Waals surface area contributed by atoms with E-state index in [1.807, 2.05) is 0 Å². The Kier molecular flexibility index (Phi) is 6.09. The Bertz CT molecular complexity index is 1070. The smallest absolute Gasteiger partial charge is 0.341 e. The fraction of sp³-hybridized carbons (Fsp3) is 0.0909. The van der Waals surface area contributed by atoms with Crippen molar-refractivity contribution in [3.8, 4) is 22.8 Å². The van der Waals surface area contributed by atoms with E-state index in [0.29, 0.717) is 22.6 Å². The van der Waals surface area contributed by atoms with Gasteiger partial charge in [0.25, 0.3) is 0 Å². The summed E-state index contributed by atoms with van der Waals surface area (Å²) in [5.41, 5.74) is 0.654. The molecule has 0 bridgehead atoms. The number of furan rings is 1. The van der Waals surface area contributed by atoms with E-state index in [1.165, 1.54) is 43.5 Å². The van der Waals surface area contributed by atoms with E-state index < -0.39 is 18.4 Å². The lowest BCUT2D eigenvalue weighted by Gasteiger charge is -2.09. The van der Waals surface area contributed by atoms with Crippen LogP contribution in [0.25, 0.3) is 17.4 Å². The van der Waals surface area contributed by atoms with Gasteiger partial charge < -0.3 is 19.0 Å². The summed E-state index contributed by atoms with van der Waals surface area (Å²) in [6, 6.07) is 13.9. The first-order valence-corrected chi connectivity index (χ1v) is 8.57. The van der Waals surface area contributed by atoms with Crippen LogP contribution in [0.2, 0.25) is 0 Å². The number of hydrogen-bond donors (Lipinski definition) is 1. The minimum Gasteiger partial charge on any atom is -0.493 e. The zero-order valence-electron chi connectivity index (χ0n) is 15.4. The van der Waals surface area contributed by atoms with Crippen molar-refractivity contribution in [3.63, 3.8) is 0 Å². The van der Waals surface area contributed by atoms with Gasteiger partial charge in [-0.2, -0.15) is 0 Å². The summed E-state index contributed by atoms with van der Waals surface area (Å²) in [5, 5.41) is 8.69. The molecule has 0 atom stereocenters. The molecule has 1 aromatic heterocycles. The van der Waals surface area contributed by atoms with E-state index in [1.54, 1.807) is 30.3 Å². The monoisotopic (exact) mass is 396 g/mol. The van der Waals surface area contributed by atoms with Crippen molar-refractivity contribution in [1.82, 2.24) is 0 Å². The van der Waals surface area contributed by atoms with Crippen LogP contribution in [0.3, 0.4) is 0 Å². The number of carbonyl (C=O) groups excluding carboxylic acids is 1. The SMILES string of the molecule is COc1cc(C(=O)/C=C/c2ccc(-c3ccccc3F)o2)ccc1OCC(=O)O. The third kappa shape index (κ3) is 4.90. The van der Waals surface area contributed by atoms with Crippen LogP contribution in [0.4, 0.5) is 4.39 Å². The molecule has 0 amide bonds. The first kappa shape index (κ1) is 19.9. The van der Waals surface area contributed by atoms with Gasteiger partial charge in [-0.05, 0) is 54.6 Å². The van der Waals surface area contributed by atoms with Gasteiger partial charge >= 0.3 is 5.97 Å². The van der Waals surface area contributed by atoms with Crippen LogP contribution in [0.15, 0.2) is 65.1 Å². The third-order valence-corrected chi connectivity index (χ3v) is 3.96. The van der Waals surface area contributed by atoms with Gasteiger partial charge in [-0.25, -0.2) is 9.18 Å². The molecule has 2 aromatic carbocycles. The van der Waals surface area contributed by atoms with Crippen LogP contribution in [0, 0.1) is 5.82 Å². The molecule has 1 heterocycles. The number of aliphatic carboxylic acids is 1. The summed E-state index contributed by atoms with van der Waals surface area (Å²) < 4.78 is 29.7. The van der Waals surface area contributed by atoms with Gasteiger partial charge in [-0.3, -0.25) is 4.79 Å². The normalized spacial score (nSPS) is 10.8. The Morgan fingerprint density at radius 3 is 2.62 bits per heavy atom. The molecule has 0 aliphatic carbocycles. The Balaban J connectivity index is 1.74. The average molecular weight is 396 g/mol. The van der Waals surface area contributed by atoms with Crippen molar-refractivity contribution >= 4 is 17.8 Å². The minimum absolute atomic E-state index is 0.219. The average Bonchev–Trinajstić information content (AvgIpc) is 3.19. The molecule has 29 heavy (non-hydrogen) atoms. The molecule has 6 nitrogen and oxygen atoms in total. The van der Waals surface area contributed by atoms with Crippen LogP contribution >= 0.6 is 0 Å². The van der Waals surface area contributed by atoms with E-state index in [9.17, 15) is 14.0 Å². The fourth-order valence-corrected chi connectivity index (χ4v) is 2.58.